The SMILES string of the molecule is c1ccc(-c2ccc(-c3cc(-c4ccc(N5c6ccccc6C6(c7ccccc75)c5ccsc5-c5sccc56)cc4)nc(-c4ccc(-c5ccccn5)cc4)n3)cc2)cc1. The summed E-state index contributed by atoms with van der Waals surface area (Å²) in [6, 6.07) is 67.1. The minimum atomic E-state index is -0.364. The van der Waals surface area contributed by atoms with Gasteiger partial charge in [0, 0.05) is 43.9 Å². The summed E-state index contributed by atoms with van der Waals surface area (Å²) in [6.45, 7) is 0. The van der Waals surface area contributed by atoms with E-state index in [1.54, 1.807) is 0 Å². The third-order valence-corrected chi connectivity index (χ3v) is 14.0. The fourth-order valence-corrected chi connectivity index (χ4v) is 11.4. The summed E-state index contributed by atoms with van der Waals surface area (Å²) in [6.07, 6.45) is 1.82. The lowest BCUT2D eigenvalue weighted by atomic mass is 9.65. The maximum Gasteiger partial charge on any atom is 0.160 e. The van der Waals surface area contributed by atoms with E-state index in [2.05, 4.69) is 184 Å². The number of pyridine rings is 1. The van der Waals surface area contributed by atoms with E-state index in [9.17, 15) is 0 Å². The molecule has 0 atom stereocenters. The molecular formula is C54H34N4S2. The first kappa shape index (κ1) is 34.8. The minimum absolute atomic E-state index is 0.364. The number of fused-ring (bicyclic) bond motifs is 9. The summed E-state index contributed by atoms with van der Waals surface area (Å²) < 4.78 is 0. The largest absolute Gasteiger partial charge is 0.310 e. The molecule has 4 aromatic heterocycles. The number of hydrogen-bond donors (Lipinski definition) is 0. The average molecular weight is 803 g/mol. The van der Waals surface area contributed by atoms with Crippen molar-refractivity contribution in [3.05, 3.63) is 227 Å². The zero-order chi connectivity index (χ0) is 39.6. The Morgan fingerprint density at radius 1 is 0.383 bits per heavy atom. The number of rotatable bonds is 6. The monoisotopic (exact) mass is 802 g/mol. The molecule has 1 spiro atoms. The molecule has 60 heavy (non-hydrogen) atoms. The Labute approximate surface area is 356 Å². The number of benzene rings is 6. The Hall–Kier alpha value is -7.25. The van der Waals surface area contributed by atoms with Crippen LogP contribution in [0.2, 0.25) is 0 Å². The maximum atomic E-state index is 5.22. The molecule has 12 rings (SSSR count). The molecule has 6 aromatic carbocycles. The smallest absolute Gasteiger partial charge is 0.160 e. The van der Waals surface area contributed by atoms with Gasteiger partial charge in [-0.3, -0.25) is 4.98 Å². The molecule has 0 radical (unpaired) electrons. The van der Waals surface area contributed by atoms with Gasteiger partial charge in [-0.15, -0.1) is 22.7 Å². The second kappa shape index (κ2) is 13.9. The van der Waals surface area contributed by atoms with Crippen molar-refractivity contribution in [3.63, 3.8) is 0 Å². The van der Waals surface area contributed by atoms with Crippen LogP contribution < -0.4 is 4.90 Å². The van der Waals surface area contributed by atoms with Crippen molar-refractivity contribution >= 4 is 39.7 Å². The number of para-hydroxylation sites is 2. The highest BCUT2D eigenvalue weighted by Gasteiger charge is 2.52. The van der Waals surface area contributed by atoms with Crippen molar-refractivity contribution < 1.29 is 0 Å². The Morgan fingerprint density at radius 2 is 0.867 bits per heavy atom. The molecule has 2 aliphatic rings. The molecule has 0 saturated carbocycles. The standard InChI is InChI=1S/C54H34N4S2/c1-2-10-35(11-3-1)36-17-19-38(20-18-36)47-34-48(57-53(56-47)40-23-21-37(22-24-40)46-14-8-9-31-55-46)39-25-27-41(28-26-39)58-49-15-6-4-12-42(49)54(43-13-5-7-16-50(43)58)44-29-32-59-51(44)52-45(54)30-33-60-52/h1-34H. The third-order valence-electron chi connectivity index (χ3n) is 12.0. The van der Waals surface area contributed by atoms with Crippen LogP contribution in [-0.4, -0.2) is 15.0 Å². The van der Waals surface area contributed by atoms with Gasteiger partial charge in [-0.25, -0.2) is 9.97 Å². The quantitative estimate of drug-likeness (QED) is 0.168. The molecule has 1 aliphatic carbocycles. The normalized spacial score (nSPS) is 13.1. The number of aromatic nitrogens is 3. The summed E-state index contributed by atoms with van der Waals surface area (Å²) in [7, 11) is 0. The molecule has 10 aromatic rings. The highest BCUT2D eigenvalue weighted by atomic mass is 32.1. The van der Waals surface area contributed by atoms with Crippen molar-refractivity contribution in [1.29, 1.82) is 0 Å². The molecule has 282 valence electrons. The van der Waals surface area contributed by atoms with Crippen molar-refractivity contribution in [3.8, 4) is 66.0 Å². The van der Waals surface area contributed by atoms with E-state index in [0.717, 1.165) is 45.0 Å². The van der Waals surface area contributed by atoms with E-state index in [1.807, 2.05) is 53.1 Å². The lowest BCUT2D eigenvalue weighted by Crippen LogP contribution is -2.35. The fourth-order valence-electron chi connectivity index (χ4n) is 9.25. The Kier molecular flexibility index (Phi) is 8.08. The van der Waals surface area contributed by atoms with Gasteiger partial charge < -0.3 is 4.90 Å². The van der Waals surface area contributed by atoms with Gasteiger partial charge in [-0.1, -0.05) is 133 Å². The molecule has 6 heteroatoms. The average Bonchev–Trinajstić information content (AvgIpc) is 4.07. The zero-order valence-corrected chi connectivity index (χ0v) is 33.9. The van der Waals surface area contributed by atoms with Gasteiger partial charge in [0.15, 0.2) is 5.82 Å². The van der Waals surface area contributed by atoms with Crippen LogP contribution in [-0.2, 0) is 5.41 Å². The highest BCUT2D eigenvalue weighted by molar-refractivity contribution is 7.21. The van der Waals surface area contributed by atoms with Gasteiger partial charge >= 0.3 is 0 Å². The summed E-state index contributed by atoms with van der Waals surface area (Å²) in [4.78, 5) is 20.2. The first-order valence-corrected chi connectivity index (χ1v) is 21.8. The van der Waals surface area contributed by atoms with Crippen molar-refractivity contribution in [2.75, 3.05) is 4.90 Å². The molecule has 0 N–H and O–H groups in total. The van der Waals surface area contributed by atoms with E-state index in [0.29, 0.717) is 5.82 Å². The molecule has 0 bridgehead atoms. The number of nitrogens with zero attached hydrogens (tertiary/aromatic N) is 4. The Bertz CT molecular complexity index is 3000. The topological polar surface area (TPSA) is 41.9 Å². The molecule has 0 fully saturated rings. The fraction of sp³-hybridized carbons (Fsp3) is 0.0185. The van der Waals surface area contributed by atoms with Crippen LogP contribution in [0.4, 0.5) is 17.1 Å². The van der Waals surface area contributed by atoms with Gasteiger partial charge in [0.1, 0.15) is 0 Å². The predicted octanol–water partition coefficient (Wildman–Crippen LogP) is 14.5. The predicted molar refractivity (Wildman–Crippen MR) is 248 cm³/mol. The van der Waals surface area contributed by atoms with E-state index in [1.165, 1.54) is 54.5 Å². The molecule has 0 saturated heterocycles. The maximum absolute atomic E-state index is 5.22. The first-order chi connectivity index (χ1) is 29.7. The van der Waals surface area contributed by atoms with Crippen molar-refractivity contribution in [2.45, 2.75) is 5.41 Å². The number of thiophene rings is 2. The van der Waals surface area contributed by atoms with Gasteiger partial charge in [-0.2, -0.15) is 0 Å². The summed E-state index contributed by atoms with van der Waals surface area (Å²) in [5, 5.41) is 4.51. The Morgan fingerprint density at radius 3 is 1.45 bits per heavy atom. The molecular weight excluding hydrogens is 769 g/mol. The van der Waals surface area contributed by atoms with Gasteiger partial charge in [-0.05, 0) is 98.7 Å². The number of hydrogen-bond acceptors (Lipinski definition) is 6. The van der Waals surface area contributed by atoms with Gasteiger partial charge in [0.05, 0.1) is 33.9 Å². The Balaban J connectivity index is 0.960. The van der Waals surface area contributed by atoms with Crippen LogP contribution >= 0.6 is 22.7 Å². The summed E-state index contributed by atoms with van der Waals surface area (Å²) in [5.41, 5.74) is 17.6. The lowest BCUT2D eigenvalue weighted by Gasteiger charge is -2.44. The van der Waals surface area contributed by atoms with Crippen LogP contribution in [0.5, 0.6) is 0 Å². The molecule has 5 heterocycles. The van der Waals surface area contributed by atoms with E-state index in [4.69, 9.17) is 9.97 Å². The number of anilines is 3. The molecule has 0 amide bonds. The van der Waals surface area contributed by atoms with Crippen LogP contribution in [0, 0.1) is 0 Å². The van der Waals surface area contributed by atoms with Crippen molar-refractivity contribution in [1.82, 2.24) is 15.0 Å². The van der Waals surface area contributed by atoms with E-state index in [-0.39, 0.29) is 5.41 Å². The molecule has 0 unspecified atom stereocenters. The summed E-state index contributed by atoms with van der Waals surface area (Å²) in [5.74, 6) is 0.674. The van der Waals surface area contributed by atoms with Crippen LogP contribution in [0.15, 0.2) is 205 Å². The van der Waals surface area contributed by atoms with Gasteiger partial charge in [0.2, 0.25) is 0 Å². The summed E-state index contributed by atoms with van der Waals surface area (Å²) >= 11 is 3.71. The van der Waals surface area contributed by atoms with Gasteiger partial charge in [0.25, 0.3) is 0 Å². The minimum Gasteiger partial charge on any atom is -0.310 e. The highest BCUT2D eigenvalue weighted by Crippen LogP contribution is 2.65. The van der Waals surface area contributed by atoms with E-state index < -0.39 is 0 Å². The second-order valence-corrected chi connectivity index (χ2v) is 17.0. The molecule has 1 aliphatic heterocycles. The first-order valence-electron chi connectivity index (χ1n) is 20.1. The molecule has 4 nitrogen and oxygen atoms in total. The van der Waals surface area contributed by atoms with Crippen LogP contribution in [0.3, 0.4) is 0 Å². The lowest BCUT2D eigenvalue weighted by molar-refractivity contribution is 0.756. The zero-order valence-electron chi connectivity index (χ0n) is 32.2. The third kappa shape index (κ3) is 5.38. The van der Waals surface area contributed by atoms with Crippen LogP contribution in [0.25, 0.3) is 66.0 Å². The van der Waals surface area contributed by atoms with Crippen molar-refractivity contribution in [2.24, 2.45) is 0 Å². The van der Waals surface area contributed by atoms with E-state index >= 15 is 0 Å². The van der Waals surface area contributed by atoms with Crippen LogP contribution in [0.1, 0.15) is 22.3 Å². The second-order valence-electron chi connectivity index (χ2n) is 15.2.